The van der Waals surface area contributed by atoms with Crippen molar-refractivity contribution in [1.29, 1.82) is 0 Å². The Morgan fingerprint density at radius 1 is 0.562 bits per heavy atom. The van der Waals surface area contributed by atoms with Crippen molar-refractivity contribution in [2.24, 2.45) is 20.0 Å². The fourth-order valence-electron chi connectivity index (χ4n) is 4.86. The zero-order valence-corrected chi connectivity index (χ0v) is 17.3. The van der Waals surface area contributed by atoms with Crippen LogP contribution < -0.4 is 11.0 Å². The molecule has 2 aromatic heterocycles. The number of rotatable bonds is 0. The minimum absolute atomic E-state index is 0.494. The highest BCUT2D eigenvalue weighted by Gasteiger charge is 2.31. The van der Waals surface area contributed by atoms with Crippen LogP contribution in [0.4, 0.5) is 11.6 Å². The molecule has 0 atom stereocenters. The molecule has 4 bridgehead atoms. The average molecular weight is 431 g/mol. The topological polar surface area (TPSA) is 59.3 Å². The Kier molecular flexibility index (Phi) is 2.94. The zero-order valence-electron chi connectivity index (χ0n) is 16.6. The van der Waals surface area contributed by atoms with Gasteiger partial charge in [0, 0.05) is 11.1 Å². The zero-order chi connectivity index (χ0) is 21.0. The standard InChI is InChI=1S/C24H12BClN6/c26-25-31-19-5-7-21(31)28-23-17-11-15-9-13-3-1-2-4-14(13)10-16(15)12-18(17)24(30-23)29-22-8-6-20(27-19)32(22)25/h1-12H. The predicted octanol–water partition coefficient (Wildman–Crippen LogP) is 3.95. The van der Waals surface area contributed by atoms with Crippen molar-refractivity contribution in [3.8, 4) is 0 Å². The molecule has 0 radical (unpaired) electrons. The van der Waals surface area contributed by atoms with Crippen molar-refractivity contribution < 1.29 is 0 Å². The Labute approximate surface area is 186 Å². The van der Waals surface area contributed by atoms with Gasteiger partial charge < -0.3 is 8.96 Å². The molecule has 0 saturated carbocycles. The van der Waals surface area contributed by atoms with Crippen LogP contribution in [0.15, 0.2) is 92.8 Å². The molecule has 8 rings (SSSR count). The van der Waals surface area contributed by atoms with Gasteiger partial charge >= 0.3 is 6.40 Å². The minimum atomic E-state index is -0.494. The summed E-state index contributed by atoms with van der Waals surface area (Å²) in [6.07, 6.45) is -0.494. The molecule has 8 heteroatoms. The van der Waals surface area contributed by atoms with E-state index < -0.39 is 6.40 Å². The number of aliphatic imine (C=N–C) groups is 2. The Morgan fingerprint density at radius 3 is 1.84 bits per heavy atom. The summed E-state index contributed by atoms with van der Waals surface area (Å²) in [5, 5.41) is 4.72. The van der Waals surface area contributed by atoms with Gasteiger partial charge in [0.1, 0.15) is 22.6 Å². The third-order valence-electron chi connectivity index (χ3n) is 6.38. The number of halogens is 1. The summed E-state index contributed by atoms with van der Waals surface area (Å²) < 4.78 is 3.82. The van der Waals surface area contributed by atoms with Crippen LogP contribution in [-0.2, 0) is 0 Å². The smallest absolute Gasteiger partial charge is 0.320 e. The van der Waals surface area contributed by atoms with E-state index in [1.165, 1.54) is 10.8 Å². The van der Waals surface area contributed by atoms with Crippen molar-refractivity contribution in [1.82, 2.24) is 8.96 Å². The average Bonchev–Trinajstić information content (AvgIpc) is 3.49. The fraction of sp³-hybridized carbons (Fsp3) is 0. The van der Waals surface area contributed by atoms with E-state index >= 15 is 0 Å². The van der Waals surface area contributed by atoms with Gasteiger partial charge in [-0.05, 0) is 70.1 Å². The van der Waals surface area contributed by atoms with Gasteiger partial charge in [0.2, 0.25) is 0 Å². The lowest BCUT2D eigenvalue weighted by molar-refractivity contribution is 0.928. The number of hydrogen-bond acceptors (Lipinski definition) is 4. The third-order valence-corrected chi connectivity index (χ3v) is 6.77. The van der Waals surface area contributed by atoms with E-state index in [2.05, 4.69) is 48.5 Å². The van der Waals surface area contributed by atoms with Crippen molar-refractivity contribution in [2.45, 2.75) is 0 Å². The van der Waals surface area contributed by atoms with Gasteiger partial charge in [0.15, 0.2) is 11.7 Å². The summed E-state index contributed by atoms with van der Waals surface area (Å²) in [5.74, 6) is 2.78. The molecule has 0 fully saturated rings. The number of nitrogens with zero attached hydrogens (tertiary/aromatic N) is 6. The lowest BCUT2D eigenvalue weighted by Gasteiger charge is -2.18. The van der Waals surface area contributed by atoms with Crippen LogP contribution in [0, 0.1) is 0 Å². The number of fused-ring (bicyclic) bond motifs is 6. The number of amidine groups is 2. The highest BCUT2D eigenvalue weighted by molar-refractivity contribution is 7.05. The second-order valence-electron chi connectivity index (χ2n) is 8.19. The molecular formula is C24H12BClN6. The normalized spacial score (nSPS) is 15.2. The van der Waals surface area contributed by atoms with Crippen LogP contribution in [0.25, 0.3) is 21.5 Å². The molecule has 3 aromatic carbocycles. The molecule has 148 valence electrons. The second kappa shape index (κ2) is 5.63. The number of benzene rings is 3. The van der Waals surface area contributed by atoms with E-state index in [9.17, 15) is 0 Å². The van der Waals surface area contributed by atoms with Gasteiger partial charge in [0.25, 0.3) is 0 Å². The molecule has 0 aliphatic carbocycles. The molecule has 6 nitrogen and oxygen atoms in total. The fourth-order valence-corrected chi connectivity index (χ4v) is 5.26. The first-order valence-corrected chi connectivity index (χ1v) is 10.8. The van der Waals surface area contributed by atoms with Crippen LogP contribution in [0.5, 0.6) is 0 Å². The van der Waals surface area contributed by atoms with Crippen LogP contribution in [0.3, 0.4) is 0 Å². The lowest BCUT2D eigenvalue weighted by Crippen LogP contribution is -2.44. The molecule has 3 aliphatic heterocycles. The van der Waals surface area contributed by atoms with E-state index in [4.69, 9.17) is 31.4 Å². The van der Waals surface area contributed by atoms with Gasteiger partial charge in [-0.3, -0.25) is 0 Å². The SMILES string of the molecule is ClB1n2c3ccc2N=c2ccc(n21)=NC1=NC(=N3)c2cc3cc4ccccc4cc3cc21. The summed E-state index contributed by atoms with van der Waals surface area (Å²) >= 11 is 6.88. The van der Waals surface area contributed by atoms with Gasteiger partial charge in [0.05, 0.1) is 0 Å². The van der Waals surface area contributed by atoms with Crippen LogP contribution in [-0.4, -0.2) is 27.0 Å². The van der Waals surface area contributed by atoms with E-state index in [0.717, 1.165) is 44.5 Å². The quantitative estimate of drug-likeness (QED) is 0.264. The van der Waals surface area contributed by atoms with E-state index in [-0.39, 0.29) is 0 Å². The van der Waals surface area contributed by atoms with Crippen molar-refractivity contribution in [3.05, 3.63) is 94.9 Å². The maximum absolute atomic E-state index is 6.88. The Hall–Kier alpha value is -3.97. The molecule has 0 unspecified atom stereocenters. The molecule has 0 N–H and O–H groups in total. The maximum Gasteiger partial charge on any atom is 0.499 e. The summed E-state index contributed by atoms with van der Waals surface area (Å²) in [6, 6.07) is 24.9. The van der Waals surface area contributed by atoms with Crippen molar-refractivity contribution in [2.75, 3.05) is 0 Å². The molecular weight excluding hydrogens is 419 g/mol. The molecule has 5 aromatic rings. The van der Waals surface area contributed by atoms with E-state index in [1.54, 1.807) is 0 Å². The lowest BCUT2D eigenvalue weighted by atomic mass is 9.98. The highest BCUT2D eigenvalue weighted by atomic mass is 35.5. The minimum Gasteiger partial charge on any atom is -0.320 e. The Balaban J connectivity index is 1.49. The Morgan fingerprint density at radius 2 is 1.16 bits per heavy atom. The third kappa shape index (κ3) is 2.06. The monoisotopic (exact) mass is 430 g/mol. The van der Waals surface area contributed by atoms with Crippen molar-refractivity contribution in [3.63, 3.8) is 0 Å². The molecule has 0 amide bonds. The van der Waals surface area contributed by atoms with Gasteiger partial charge in [-0.2, -0.15) is 0 Å². The van der Waals surface area contributed by atoms with Gasteiger partial charge in [-0.25, -0.2) is 20.0 Å². The summed E-state index contributed by atoms with van der Waals surface area (Å²) in [7, 11) is 0. The summed E-state index contributed by atoms with van der Waals surface area (Å²) in [6.45, 7) is 0. The van der Waals surface area contributed by atoms with E-state index in [1.807, 2.05) is 33.2 Å². The Bertz CT molecular complexity index is 1860. The first-order valence-electron chi connectivity index (χ1n) is 10.4. The summed E-state index contributed by atoms with van der Waals surface area (Å²) in [5.41, 5.74) is 3.45. The van der Waals surface area contributed by atoms with Gasteiger partial charge in [-0.15, -0.1) is 11.5 Å². The highest BCUT2D eigenvalue weighted by Crippen LogP contribution is 2.33. The first-order chi connectivity index (χ1) is 15.7. The van der Waals surface area contributed by atoms with E-state index in [0.29, 0.717) is 11.7 Å². The second-order valence-corrected chi connectivity index (χ2v) is 8.58. The maximum atomic E-state index is 6.88. The number of hydrogen-bond donors (Lipinski definition) is 0. The predicted molar refractivity (Wildman–Crippen MR) is 127 cm³/mol. The van der Waals surface area contributed by atoms with Crippen LogP contribution in [0.2, 0.25) is 0 Å². The van der Waals surface area contributed by atoms with Crippen molar-refractivity contribution >= 4 is 62.7 Å². The summed E-state index contributed by atoms with van der Waals surface area (Å²) in [4.78, 5) is 19.4. The molecule has 5 heterocycles. The number of aromatic nitrogens is 2. The molecule has 32 heavy (non-hydrogen) atoms. The van der Waals surface area contributed by atoms with Crippen LogP contribution in [0.1, 0.15) is 11.1 Å². The first kappa shape index (κ1) is 16.7. The van der Waals surface area contributed by atoms with Crippen LogP contribution >= 0.6 is 11.5 Å². The molecule has 0 spiro atoms. The molecule has 3 aliphatic rings. The van der Waals surface area contributed by atoms with Gasteiger partial charge in [-0.1, -0.05) is 24.3 Å². The molecule has 0 saturated heterocycles. The largest absolute Gasteiger partial charge is 0.499 e.